The molecule has 122 valence electrons. The molecular weight excluding hydrogens is 302 g/mol. The molecular formula is C16H17NO6. The largest absolute Gasteiger partial charge is 0.502 e. The molecule has 0 bridgehead atoms. The van der Waals surface area contributed by atoms with Gasteiger partial charge in [-0.3, -0.25) is 9.69 Å². The first kappa shape index (κ1) is 15.1. The van der Waals surface area contributed by atoms with Crippen molar-refractivity contribution >= 4 is 11.8 Å². The van der Waals surface area contributed by atoms with Gasteiger partial charge in [0.25, 0.3) is 0 Å². The van der Waals surface area contributed by atoms with E-state index in [-0.39, 0.29) is 17.6 Å². The molecule has 1 saturated heterocycles. The van der Waals surface area contributed by atoms with Gasteiger partial charge in [0, 0.05) is 18.5 Å². The maximum absolute atomic E-state index is 11.8. The van der Waals surface area contributed by atoms with E-state index in [9.17, 15) is 15.0 Å². The SMILES string of the molecule is COc1ccc(-c2oc(N3CCCC3=O)c(O)c2O)cc1OC. The minimum atomic E-state index is -0.440. The normalized spacial score (nSPS) is 14.3. The van der Waals surface area contributed by atoms with Crippen molar-refractivity contribution in [2.24, 2.45) is 0 Å². The molecule has 2 heterocycles. The van der Waals surface area contributed by atoms with Gasteiger partial charge in [0.05, 0.1) is 14.2 Å². The van der Waals surface area contributed by atoms with Crippen LogP contribution in [-0.4, -0.2) is 36.9 Å². The molecule has 2 N–H and O–H groups in total. The molecule has 3 rings (SSSR count). The lowest BCUT2D eigenvalue weighted by molar-refractivity contribution is -0.117. The van der Waals surface area contributed by atoms with E-state index in [4.69, 9.17) is 13.9 Å². The zero-order chi connectivity index (χ0) is 16.6. The summed E-state index contributed by atoms with van der Waals surface area (Å²) in [5, 5.41) is 20.2. The number of hydrogen-bond donors (Lipinski definition) is 2. The summed E-state index contributed by atoms with van der Waals surface area (Å²) >= 11 is 0. The van der Waals surface area contributed by atoms with Crippen molar-refractivity contribution in [2.75, 3.05) is 25.7 Å². The maximum Gasteiger partial charge on any atom is 0.249 e. The van der Waals surface area contributed by atoms with Crippen molar-refractivity contribution < 1.29 is 28.9 Å². The van der Waals surface area contributed by atoms with Crippen molar-refractivity contribution in [1.82, 2.24) is 0 Å². The van der Waals surface area contributed by atoms with Gasteiger partial charge in [-0.25, -0.2) is 0 Å². The fourth-order valence-corrected chi connectivity index (χ4v) is 2.62. The Morgan fingerprint density at radius 3 is 2.48 bits per heavy atom. The van der Waals surface area contributed by atoms with Crippen LogP contribution in [0.3, 0.4) is 0 Å². The number of hydrogen-bond acceptors (Lipinski definition) is 6. The summed E-state index contributed by atoms with van der Waals surface area (Å²) in [5.74, 6) is 0.0263. The lowest BCUT2D eigenvalue weighted by Crippen LogP contribution is -2.23. The predicted octanol–water partition coefficient (Wildman–Crippen LogP) is 2.50. The van der Waals surface area contributed by atoms with Gasteiger partial charge in [-0.1, -0.05) is 0 Å². The standard InChI is InChI=1S/C16H17NO6/c1-21-10-6-5-9(8-11(10)22-2)15-13(19)14(20)16(23-15)17-7-3-4-12(17)18/h5-6,8,19-20H,3-4,7H2,1-2H3. The molecule has 1 amide bonds. The Bertz CT molecular complexity index is 751. The molecule has 23 heavy (non-hydrogen) atoms. The third-order valence-corrected chi connectivity index (χ3v) is 3.80. The van der Waals surface area contributed by atoms with E-state index in [0.717, 1.165) is 0 Å². The first-order valence-electron chi connectivity index (χ1n) is 7.14. The Morgan fingerprint density at radius 2 is 1.87 bits per heavy atom. The highest BCUT2D eigenvalue weighted by Gasteiger charge is 2.31. The molecule has 7 heteroatoms. The third-order valence-electron chi connectivity index (χ3n) is 3.80. The van der Waals surface area contributed by atoms with Crippen molar-refractivity contribution in [3.05, 3.63) is 18.2 Å². The topological polar surface area (TPSA) is 92.4 Å². The van der Waals surface area contributed by atoms with Gasteiger partial charge < -0.3 is 24.1 Å². The van der Waals surface area contributed by atoms with Crippen LogP contribution in [0.4, 0.5) is 5.88 Å². The molecule has 0 aliphatic carbocycles. The predicted molar refractivity (Wildman–Crippen MR) is 82.2 cm³/mol. The molecule has 1 aromatic carbocycles. The van der Waals surface area contributed by atoms with E-state index in [2.05, 4.69) is 0 Å². The smallest absolute Gasteiger partial charge is 0.249 e. The summed E-state index contributed by atoms with van der Waals surface area (Å²) in [6.07, 6.45) is 1.08. The maximum atomic E-state index is 11.8. The minimum Gasteiger partial charge on any atom is -0.502 e. The fraction of sp³-hybridized carbons (Fsp3) is 0.312. The van der Waals surface area contributed by atoms with Gasteiger partial charge >= 0.3 is 0 Å². The quantitative estimate of drug-likeness (QED) is 0.899. The highest BCUT2D eigenvalue weighted by atomic mass is 16.5. The Hall–Kier alpha value is -2.83. The van der Waals surface area contributed by atoms with E-state index in [1.807, 2.05) is 0 Å². The molecule has 0 saturated carbocycles. The van der Waals surface area contributed by atoms with Gasteiger partial charge in [-0.05, 0) is 24.6 Å². The highest BCUT2D eigenvalue weighted by molar-refractivity contribution is 5.96. The number of benzene rings is 1. The molecule has 1 aliphatic rings. The molecule has 2 aromatic rings. The number of ether oxygens (including phenoxy) is 2. The summed E-state index contributed by atoms with van der Waals surface area (Å²) < 4.78 is 15.9. The summed E-state index contributed by atoms with van der Waals surface area (Å²) in [6.45, 7) is 0.449. The van der Waals surface area contributed by atoms with Crippen molar-refractivity contribution in [2.45, 2.75) is 12.8 Å². The first-order valence-corrected chi connectivity index (χ1v) is 7.14. The Balaban J connectivity index is 2.05. The molecule has 0 atom stereocenters. The lowest BCUT2D eigenvalue weighted by atomic mass is 10.1. The number of methoxy groups -OCH3 is 2. The molecule has 1 aliphatic heterocycles. The van der Waals surface area contributed by atoms with Crippen LogP contribution in [0.2, 0.25) is 0 Å². The second-order valence-electron chi connectivity index (χ2n) is 5.15. The van der Waals surface area contributed by atoms with E-state index < -0.39 is 11.5 Å². The summed E-state index contributed by atoms with van der Waals surface area (Å²) in [5.41, 5.74) is 0.494. The monoisotopic (exact) mass is 319 g/mol. The van der Waals surface area contributed by atoms with Crippen LogP contribution < -0.4 is 14.4 Å². The van der Waals surface area contributed by atoms with E-state index in [1.165, 1.54) is 19.1 Å². The molecule has 0 spiro atoms. The average molecular weight is 319 g/mol. The van der Waals surface area contributed by atoms with Crippen LogP contribution in [-0.2, 0) is 4.79 Å². The fourth-order valence-electron chi connectivity index (χ4n) is 2.62. The highest BCUT2D eigenvalue weighted by Crippen LogP contribution is 2.48. The molecule has 1 fully saturated rings. The zero-order valence-corrected chi connectivity index (χ0v) is 12.8. The van der Waals surface area contributed by atoms with Crippen LogP contribution in [0.15, 0.2) is 22.6 Å². The van der Waals surface area contributed by atoms with E-state index in [1.54, 1.807) is 18.2 Å². The number of rotatable bonds is 4. The van der Waals surface area contributed by atoms with Crippen LogP contribution in [0.25, 0.3) is 11.3 Å². The van der Waals surface area contributed by atoms with E-state index in [0.29, 0.717) is 36.4 Å². The molecule has 0 radical (unpaired) electrons. The number of nitrogens with zero attached hydrogens (tertiary/aromatic N) is 1. The zero-order valence-electron chi connectivity index (χ0n) is 12.8. The van der Waals surface area contributed by atoms with Gasteiger partial charge in [-0.2, -0.15) is 0 Å². The van der Waals surface area contributed by atoms with Crippen molar-refractivity contribution in [3.8, 4) is 34.3 Å². The molecule has 1 aromatic heterocycles. The molecule has 0 unspecified atom stereocenters. The Labute approximate surface area is 132 Å². The lowest BCUT2D eigenvalue weighted by Gasteiger charge is -2.11. The Kier molecular flexibility index (Phi) is 3.77. The second kappa shape index (κ2) is 5.75. The summed E-state index contributed by atoms with van der Waals surface area (Å²) in [7, 11) is 3.01. The number of furan rings is 1. The van der Waals surface area contributed by atoms with Crippen LogP contribution in [0, 0.1) is 0 Å². The third kappa shape index (κ3) is 2.44. The first-order chi connectivity index (χ1) is 11.1. The van der Waals surface area contributed by atoms with Crippen LogP contribution >= 0.6 is 0 Å². The minimum absolute atomic E-state index is 0.0326. The van der Waals surface area contributed by atoms with Crippen molar-refractivity contribution in [3.63, 3.8) is 0 Å². The van der Waals surface area contributed by atoms with Gasteiger partial charge in [-0.15, -0.1) is 0 Å². The summed E-state index contributed by atoms with van der Waals surface area (Å²) in [4.78, 5) is 13.1. The van der Waals surface area contributed by atoms with Gasteiger partial charge in [0.15, 0.2) is 17.3 Å². The number of anilines is 1. The molecule has 7 nitrogen and oxygen atoms in total. The average Bonchev–Trinajstić information content (AvgIpc) is 3.11. The van der Waals surface area contributed by atoms with E-state index >= 15 is 0 Å². The van der Waals surface area contributed by atoms with Gasteiger partial charge in [0.1, 0.15) is 0 Å². The number of carbonyl (C=O) groups is 1. The number of carbonyl (C=O) groups excluding carboxylic acids is 1. The number of aromatic hydroxyl groups is 2. The number of amides is 1. The Morgan fingerprint density at radius 1 is 1.13 bits per heavy atom. The van der Waals surface area contributed by atoms with Crippen LogP contribution in [0.1, 0.15) is 12.8 Å². The van der Waals surface area contributed by atoms with Crippen LogP contribution in [0.5, 0.6) is 23.0 Å². The second-order valence-corrected chi connectivity index (χ2v) is 5.15. The van der Waals surface area contributed by atoms with Gasteiger partial charge in [0.2, 0.25) is 23.3 Å². The summed E-state index contributed by atoms with van der Waals surface area (Å²) in [6, 6.07) is 4.94. The van der Waals surface area contributed by atoms with Crippen molar-refractivity contribution in [1.29, 1.82) is 0 Å².